The third-order valence-electron chi connectivity index (χ3n) is 2.70. The molecule has 0 unspecified atom stereocenters. The van der Waals surface area contributed by atoms with Gasteiger partial charge in [-0.1, -0.05) is 25.4 Å². The van der Waals surface area contributed by atoms with Crippen LogP contribution in [-0.4, -0.2) is 42.0 Å². The zero-order valence-corrected chi connectivity index (χ0v) is 11.7. The Morgan fingerprint density at radius 1 is 1.44 bits per heavy atom. The summed E-state index contributed by atoms with van der Waals surface area (Å²) in [7, 11) is 0. The number of carbonyl (C=O) groups excluding carboxylic acids is 1. The van der Waals surface area contributed by atoms with Crippen LogP contribution in [0.5, 0.6) is 0 Å². The molecule has 0 radical (unpaired) electrons. The van der Waals surface area contributed by atoms with E-state index in [1.54, 1.807) is 18.3 Å². The van der Waals surface area contributed by atoms with Gasteiger partial charge in [-0.3, -0.25) is 4.79 Å². The summed E-state index contributed by atoms with van der Waals surface area (Å²) in [6, 6.07) is 3.38. The monoisotopic (exact) mass is 269 g/mol. The largest absolute Gasteiger partial charge is 0.351 e. The molecule has 1 rings (SSSR count). The highest BCUT2D eigenvalue weighted by Crippen LogP contribution is 2.10. The van der Waals surface area contributed by atoms with E-state index in [2.05, 4.69) is 29.0 Å². The average molecular weight is 270 g/mol. The van der Waals surface area contributed by atoms with Crippen LogP contribution < -0.4 is 5.32 Å². The normalized spacial score (nSPS) is 10.7. The van der Waals surface area contributed by atoms with Crippen LogP contribution in [0.2, 0.25) is 5.15 Å². The van der Waals surface area contributed by atoms with E-state index >= 15 is 0 Å². The number of nitrogens with one attached hydrogen (secondary N) is 1. The van der Waals surface area contributed by atoms with Crippen molar-refractivity contribution >= 4 is 17.5 Å². The van der Waals surface area contributed by atoms with Gasteiger partial charge in [-0.25, -0.2) is 4.98 Å². The molecule has 4 nitrogen and oxygen atoms in total. The first-order valence-electron chi connectivity index (χ1n) is 6.30. The average Bonchev–Trinajstić information content (AvgIpc) is 2.38. The van der Waals surface area contributed by atoms with E-state index in [0.29, 0.717) is 12.1 Å². The lowest BCUT2D eigenvalue weighted by Crippen LogP contribution is -2.35. The summed E-state index contributed by atoms with van der Waals surface area (Å²) in [4.78, 5) is 18.0. The number of likely N-dealkylation sites (N-methyl/N-ethyl adjacent to an activating group) is 1. The van der Waals surface area contributed by atoms with Crippen molar-refractivity contribution in [1.82, 2.24) is 15.2 Å². The van der Waals surface area contributed by atoms with Gasteiger partial charge in [0.2, 0.25) is 0 Å². The third kappa shape index (κ3) is 4.63. The van der Waals surface area contributed by atoms with Crippen molar-refractivity contribution in [1.29, 1.82) is 0 Å². The van der Waals surface area contributed by atoms with Crippen LogP contribution in [0.4, 0.5) is 0 Å². The van der Waals surface area contributed by atoms with Gasteiger partial charge in [-0.15, -0.1) is 0 Å². The van der Waals surface area contributed by atoms with Crippen molar-refractivity contribution in [2.24, 2.45) is 0 Å². The minimum absolute atomic E-state index is 0.166. The van der Waals surface area contributed by atoms with E-state index in [9.17, 15) is 4.79 Å². The number of nitrogens with zero attached hydrogens (tertiary/aromatic N) is 2. The Balaban J connectivity index is 2.40. The maximum absolute atomic E-state index is 11.8. The van der Waals surface area contributed by atoms with Crippen LogP contribution in [0.1, 0.15) is 30.6 Å². The second kappa shape index (κ2) is 8.06. The predicted molar refractivity (Wildman–Crippen MR) is 74.0 cm³/mol. The lowest BCUT2D eigenvalue weighted by molar-refractivity contribution is 0.0948. The van der Waals surface area contributed by atoms with Crippen molar-refractivity contribution in [3.05, 3.63) is 29.0 Å². The van der Waals surface area contributed by atoms with E-state index in [1.165, 1.54) is 0 Å². The maximum atomic E-state index is 11.8. The predicted octanol–water partition coefficient (Wildman–Crippen LogP) is 2.20. The molecular formula is C13H20ClN3O. The number of hydrogen-bond donors (Lipinski definition) is 1. The summed E-state index contributed by atoms with van der Waals surface area (Å²) in [5.41, 5.74) is 0.428. The number of rotatable bonds is 7. The first kappa shape index (κ1) is 14.9. The van der Waals surface area contributed by atoms with Crippen LogP contribution in [0, 0.1) is 0 Å². The molecule has 100 valence electrons. The van der Waals surface area contributed by atoms with Gasteiger partial charge in [-0.2, -0.15) is 0 Å². The Morgan fingerprint density at radius 3 is 2.83 bits per heavy atom. The smallest absolute Gasteiger partial charge is 0.254 e. The number of aromatic nitrogens is 1. The highest BCUT2D eigenvalue weighted by atomic mass is 35.5. The molecule has 0 aliphatic heterocycles. The van der Waals surface area contributed by atoms with E-state index in [1.807, 2.05) is 0 Å². The van der Waals surface area contributed by atoms with E-state index in [4.69, 9.17) is 11.6 Å². The van der Waals surface area contributed by atoms with Crippen LogP contribution in [0.3, 0.4) is 0 Å². The number of carbonyl (C=O) groups is 1. The zero-order chi connectivity index (χ0) is 13.4. The van der Waals surface area contributed by atoms with Gasteiger partial charge in [0.1, 0.15) is 5.15 Å². The summed E-state index contributed by atoms with van der Waals surface area (Å²) in [5.74, 6) is -0.166. The molecule has 5 heteroatoms. The molecule has 0 aliphatic rings. The second-order valence-corrected chi connectivity index (χ2v) is 4.39. The Labute approximate surface area is 113 Å². The van der Waals surface area contributed by atoms with Crippen molar-refractivity contribution in [2.45, 2.75) is 20.3 Å². The lowest BCUT2D eigenvalue weighted by atomic mass is 10.2. The van der Waals surface area contributed by atoms with Gasteiger partial charge in [0.15, 0.2) is 0 Å². The molecule has 1 N–H and O–H groups in total. The molecule has 0 bridgehead atoms. The highest BCUT2D eigenvalue weighted by Gasteiger charge is 2.10. The van der Waals surface area contributed by atoms with Gasteiger partial charge >= 0.3 is 0 Å². The van der Waals surface area contributed by atoms with Crippen LogP contribution in [-0.2, 0) is 0 Å². The van der Waals surface area contributed by atoms with E-state index < -0.39 is 0 Å². The fourth-order valence-corrected chi connectivity index (χ4v) is 1.93. The van der Waals surface area contributed by atoms with Gasteiger partial charge in [0.05, 0.1) is 5.56 Å². The summed E-state index contributed by atoms with van der Waals surface area (Å²) in [6.45, 7) is 7.80. The van der Waals surface area contributed by atoms with Crippen molar-refractivity contribution in [3.63, 3.8) is 0 Å². The Kier molecular flexibility index (Phi) is 6.68. The Morgan fingerprint density at radius 2 is 2.22 bits per heavy atom. The van der Waals surface area contributed by atoms with Crippen LogP contribution in [0.25, 0.3) is 0 Å². The molecule has 1 heterocycles. The van der Waals surface area contributed by atoms with Gasteiger partial charge in [-0.05, 0) is 31.6 Å². The van der Waals surface area contributed by atoms with Gasteiger partial charge < -0.3 is 10.2 Å². The topological polar surface area (TPSA) is 45.2 Å². The first-order valence-corrected chi connectivity index (χ1v) is 6.67. The summed E-state index contributed by atoms with van der Waals surface area (Å²) in [6.07, 6.45) is 2.69. The van der Waals surface area contributed by atoms with E-state index in [0.717, 1.165) is 26.1 Å². The maximum Gasteiger partial charge on any atom is 0.254 e. The SMILES string of the molecule is CCCN(CC)CCNC(=O)c1cccnc1Cl. The van der Waals surface area contributed by atoms with Gasteiger partial charge in [0, 0.05) is 19.3 Å². The van der Waals surface area contributed by atoms with Crippen LogP contribution in [0.15, 0.2) is 18.3 Å². The van der Waals surface area contributed by atoms with Crippen molar-refractivity contribution in [3.8, 4) is 0 Å². The standard InChI is InChI=1S/C13H20ClN3O/c1-3-9-17(4-2)10-8-16-13(18)11-6-5-7-15-12(11)14/h5-7H,3-4,8-10H2,1-2H3,(H,16,18). The molecule has 1 aromatic heterocycles. The summed E-state index contributed by atoms with van der Waals surface area (Å²) < 4.78 is 0. The Hall–Kier alpha value is -1.13. The van der Waals surface area contributed by atoms with Crippen molar-refractivity contribution < 1.29 is 4.79 Å². The van der Waals surface area contributed by atoms with Crippen molar-refractivity contribution in [2.75, 3.05) is 26.2 Å². The number of hydrogen-bond acceptors (Lipinski definition) is 3. The molecule has 0 spiro atoms. The van der Waals surface area contributed by atoms with Gasteiger partial charge in [0.25, 0.3) is 5.91 Å². The fourth-order valence-electron chi connectivity index (χ4n) is 1.72. The molecule has 1 amide bonds. The molecule has 1 aromatic rings. The first-order chi connectivity index (χ1) is 8.69. The second-order valence-electron chi connectivity index (χ2n) is 4.03. The minimum atomic E-state index is -0.166. The lowest BCUT2D eigenvalue weighted by Gasteiger charge is -2.19. The molecule has 0 fully saturated rings. The quantitative estimate of drug-likeness (QED) is 0.772. The number of pyridine rings is 1. The molecule has 0 saturated heterocycles. The molecule has 18 heavy (non-hydrogen) atoms. The number of amides is 1. The summed E-state index contributed by atoms with van der Waals surface area (Å²) >= 11 is 5.86. The highest BCUT2D eigenvalue weighted by molar-refractivity contribution is 6.32. The fraction of sp³-hybridized carbons (Fsp3) is 0.538. The minimum Gasteiger partial charge on any atom is -0.351 e. The summed E-state index contributed by atoms with van der Waals surface area (Å²) in [5, 5.41) is 3.10. The molecular weight excluding hydrogens is 250 g/mol. The Bertz CT molecular complexity index is 384. The molecule has 0 saturated carbocycles. The zero-order valence-electron chi connectivity index (χ0n) is 10.9. The molecule has 0 aliphatic carbocycles. The molecule has 0 atom stereocenters. The number of halogens is 1. The molecule has 0 aromatic carbocycles. The van der Waals surface area contributed by atoms with E-state index in [-0.39, 0.29) is 11.1 Å². The van der Waals surface area contributed by atoms with Crippen LogP contribution >= 0.6 is 11.6 Å². The third-order valence-corrected chi connectivity index (χ3v) is 3.01.